The van der Waals surface area contributed by atoms with E-state index in [0.29, 0.717) is 5.70 Å². The Morgan fingerprint density at radius 1 is 1.47 bits per heavy atom. The van der Waals surface area contributed by atoms with Crippen LogP contribution in [0.15, 0.2) is 28.7 Å². The van der Waals surface area contributed by atoms with Crippen LogP contribution >= 0.6 is 23.2 Å². The van der Waals surface area contributed by atoms with Gasteiger partial charge in [0.05, 0.1) is 11.2 Å². The zero-order valence-corrected chi connectivity index (χ0v) is 10.9. The highest BCUT2D eigenvalue weighted by molar-refractivity contribution is 6.41. The third-order valence-electron chi connectivity index (χ3n) is 1.83. The van der Waals surface area contributed by atoms with E-state index in [0.717, 1.165) is 10.3 Å². The van der Waals surface area contributed by atoms with E-state index in [1.54, 1.807) is 12.2 Å². The van der Waals surface area contributed by atoms with Crippen LogP contribution in [0.5, 0.6) is 0 Å². The molecule has 0 radical (unpaired) electrons. The van der Waals surface area contributed by atoms with Gasteiger partial charge in [-0.3, -0.25) is 4.79 Å². The van der Waals surface area contributed by atoms with Crippen LogP contribution in [-0.4, -0.2) is 9.78 Å². The Morgan fingerprint density at radius 3 is 2.65 bits per heavy atom. The summed E-state index contributed by atoms with van der Waals surface area (Å²) in [6.07, 6.45) is 10.0. The SMILES string of the molecule is C#C/C(=C\C=C(C)C)n1ncc(Cl)c(Cl)c1=O. The molecule has 0 unspecified atom stereocenters. The van der Waals surface area contributed by atoms with Crippen molar-refractivity contribution in [3.05, 3.63) is 44.3 Å². The average Bonchev–Trinajstić information content (AvgIpc) is 2.29. The first-order valence-electron chi connectivity index (χ1n) is 4.73. The molecule has 5 heteroatoms. The van der Waals surface area contributed by atoms with Crippen molar-refractivity contribution in [2.45, 2.75) is 13.8 Å². The van der Waals surface area contributed by atoms with Gasteiger partial charge in [0, 0.05) is 0 Å². The van der Waals surface area contributed by atoms with E-state index in [-0.39, 0.29) is 10.0 Å². The maximum Gasteiger partial charge on any atom is 0.292 e. The van der Waals surface area contributed by atoms with Crippen LogP contribution in [0.3, 0.4) is 0 Å². The lowest BCUT2D eigenvalue weighted by Crippen LogP contribution is -2.22. The lowest BCUT2D eigenvalue weighted by Gasteiger charge is -2.03. The molecule has 0 fully saturated rings. The summed E-state index contributed by atoms with van der Waals surface area (Å²) in [4.78, 5) is 11.8. The van der Waals surface area contributed by atoms with Gasteiger partial charge in [0.2, 0.25) is 0 Å². The van der Waals surface area contributed by atoms with Gasteiger partial charge < -0.3 is 0 Å². The second-order valence-corrected chi connectivity index (χ2v) is 4.25. The Kier molecular flexibility index (Phi) is 4.56. The van der Waals surface area contributed by atoms with Crippen LogP contribution in [0.1, 0.15) is 13.8 Å². The third-order valence-corrected chi connectivity index (χ3v) is 2.58. The van der Waals surface area contributed by atoms with Gasteiger partial charge in [0.25, 0.3) is 5.56 Å². The molecule has 0 spiro atoms. The monoisotopic (exact) mass is 268 g/mol. The lowest BCUT2D eigenvalue weighted by atomic mass is 10.3. The molecule has 88 valence electrons. The van der Waals surface area contributed by atoms with Gasteiger partial charge in [-0.2, -0.15) is 9.78 Å². The van der Waals surface area contributed by atoms with Crippen molar-refractivity contribution >= 4 is 28.9 Å². The summed E-state index contributed by atoms with van der Waals surface area (Å²) in [7, 11) is 0. The van der Waals surface area contributed by atoms with Gasteiger partial charge in [-0.25, -0.2) is 0 Å². The highest BCUT2D eigenvalue weighted by atomic mass is 35.5. The lowest BCUT2D eigenvalue weighted by molar-refractivity contribution is 0.836. The van der Waals surface area contributed by atoms with Crippen LogP contribution in [0.25, 0.3) is 5.70 Å². The summed E-state index contributed by atoms with van der Waals surface area (Å²) in [6, 6.07) is 0. The zero-order chi connectivity index (χ0) is 13.0. The minimum Gasteiger partial charge on any atom is -0.266 e. The summed E-state index contributed by atoms with van der Waals surface area (Å²) in [5.74, 6) is 2.38. The van der Waals surface area contributed by atoms with E-state index in [4.69, 9.17) is 29.6 Å². The van der Waals surface area contributed by atoms with Gasteiger partial charge in [0.15, 0.2) is 0 Å². The third kappa shape index (κ3) is 3.23. The summed E-state index contributed by atoms with van der Waals surface area (Å²) >= 11 is 11.4. The number of aromatic nitrogens is 2. The number of terminal acetylenes is 1. The summed E-state index contributed by atoms with van der Waals surface area (Å²) < 4.78 is 1.04. The fraction of sp³-hybridized carbons (Fsp3) is 0.167. The Bertz CT molecular complexity index is 588. The van der Waals surface area contributed by atoms with Crippen LogP contribution in [-0.2, 0) is 0 Å². The first-order chi connectivity index (χ1) is 7.97. The van der Waals surface area contributed by atoms with Crippen LogP contribution in [0, 0.1) is 12.3 Å². The Hall–Kier alpha value is -1.50. The maximum absolute atomic E-state index is 11.8. The van der Waals surface area contributed by atoms with Gasteiger partial charge in [0.1, 0.15) is 10.7 Å². The van der Waals surface area contributed by atoms with E-state index < -0.39 is 5.56 Å². The first-order valence-corrected chi connectivity index (χ1v) is 5.48. The van der Waals surface area contributed by atoms with E-state index >= 15 is 0 Å². The molecular formula is C12H10Cl2N2O. The zero-order valence-electron chi connectivity index (χ0n) is 9.37. The standard InChI is InChI=1S/C12H10Cl2N2O/c1-4-9(6-5-8(2)3)16-12(17)11(14)10(13)7-15-16/h1,5-7H,2-3H3/b9-6+. The van der Waals surface area contributed by atoms with E-state index in [2.05, 4.69) is 11.0 Å². The second-order valence-electron chi connectivity index (χ2n) is 3.46. The summed E-state index contributed by atoms with van der Waals surface area (Å²) in [5.41, 5.74) is 0.811. The van der Waals surface area contributed by atoms with Gasteiger partial charge in [-0.05, 0) is 19.9 Å². The number of nitrogens with zero attached hydrogens (tertiary/aromatic N) is 2. The van der Waals surface area contributed by atoms with Crippen LogP contribution in [0.4, 0.5) is 0 Å². The van der Waals surface area contributed by atoms with Crippen LogP contribution < -0.4 is 5.56 Å². The molecule has 0 N–H and O–H groups in total. The van der Waals surface area contributed by atoms with Crippen molar-refractivity contribution in [1.82, 2.24) is 9.78 Å². The summed E-state index contributed by atoms with van der Waals surface area (Å²) in [5, 5.41) is 3.84. The predicted molar refractivity (Wildman–Crippen MR) is 71.1 cm³/mol. The molecule has 1 heterocycles. The molecule has 1 aromatic heterocycles. The normalized spacial score (nSPS) is 10.9. The topological polar surface area (TPSA) is 34.9 Å². The fourth-order valence-corrected chi connectivity index (χ4v) is 1.26. The summed E-state index contributed by atoms with van der Waals surface area (Å²) in [6.45, 7) is 3.82. The number of hydrogen-bond donors (Lipinski definition) is 0. The smallest absolute Gasteiger partial charge is 0.266 e. The minimum atomic E-state index is -0.537. The second kappa shape index (κ2) is 5.72. The molecule has 0 aliphatic rings. The Morgan fingerprint density at radius 2 is 2.12 bits per heavy atom. The molecule has 17 heavy (non-hydrogen) atoms. The highest BCUT2D eigenvalue weighted by Crippen LogP contribution is 2.15. The molecule has 0 aliphatic heterocycles. The average molecular weight is 269 g/mol. The van der Waals surface area contributed by atoms with Crippen molar-refractivity contribution in [1.29, 1.82) is 0 Å². The number of halogens is 2. The molecule has 0 aliphatic carbocycles. The van der Waals surface area contributed by atoms with Gasteiger partial charge in [-0.1, -0.05) is 40.8 Å². The number of hydrogen-bond acceptors (Lipinski definition) is 2. The van der Waals surface area contributed by atoms with Gasteiger partial charge in [-0.15, -0.1) is 6.42 Å². The molecule has 0 saturated carbocycles. The Balaban J connectivity index is 3.39. The van der Waals surface area contributed by atoms with Crippen molar-refractivity contribution in [3.63, 3.8) is 0 Å². The largest absolute Gasteiger partial charge is 0.292 e. The molecule has 0 bridgehead atoms. The molecule has 1 aromatic rings. The highest BCUT2D eigenvalue weighted by Gasteiger charge is 2.08. The van der Waals surface area contributed by atoms with E-state index in [1.165, 1.54) is 6.20 Å². The maximum atomic E-state index is 11.8. The Labute approximate surface area is 109 Å². The molecule has 3 nitrogen and oxygen atoms in total. The van der Waals surface area contributed by atoms with Gasteiger partial charge >= 0.3 is 0 Å². The van der Waals surface area contributed by atoms with Crippen molar-refractivity contribution < 1.29 is 0 Å². The number of allylic oxidation sites excluding steroid dienone is 4. The predicted octanol–water partition coefficient (Wildman–Crippen LogP) is 2.99. The van der Waals surface area contributed by atoms with Crippen molar-refractivity contribution in [2.75, 3.05) is 0 Å². The molecular weight excluding hydrogens is 259 g/mol. The molecule has 0 aromatic carbocycles. The van der Waals surface area contributed by atoms with E-state index in [9.17, 15) is 4.79 Å². The molecule has 1 rings (SSSR count). The number of rotatable bonds is 2. The fourth-order valence-electron chi connectivity index (χ4n) is 1.01. The van der Waals surface area contributed by atoms with Crippen molar-refractivity contribution in [3.8, 4) is 12.3 Å². The molecule has 0 saturated heterocycles. The van der Waals surface area contributed by atoms with Crippen LogP contribution in [0.2, 0.25) is 10.0 Å². The van der Waals surface area contributed by atoms with E-state index in [1.807, 2.05) is 13.8 Å². The molecule has 0 atom stereocenters. The minimum absolute atomic E-state index is 0.0972. The molecule has 0 amide bonds. The quantitative estimate of drug-likeness (QED) is 0.611. The van der Waals surface area contributed by atoms with Crippen molar-refractivity contribution in [2.24, 2.45) is 0 Å². The first kappa shape index (κ1) is 13.6.